The fourth-order valence-electron chi connectivity index (χ4n) is 1.72. The monoisotopic (exact) mass is 271 g/mol. The van der Waals surface area contributed by atoms with Crippen LogP contribution in [0.3, 0.4) is 0 Å². The fraction of sp³-hybridized carbons (Fsp3) is 0.636. The summed E-state index contributed by atoms with van der Waals surface area (Å²) in [5.74, 6) is 1.79. The summed E-state index contributed by atoms with van der Waals surface area (Å²) in [6.07, 6.45) is 2.27. The van der Waals surface area contributed by atoms with E-state index < -0.39 is 0 Å². The van der Waals surface area contributed by atoms with E-state index in [0.29, 0.717) is 6.04 Å². The van der Waals surface area contributed by atoms with Crippen molar-refractivity contribution in [3.05, 3.63) is 16.5 Å². The van der Waals surface area contributed by atoms with Crippen molar-refractivity contribution in [1.82, 2.24) is 9.97 Å². The molecule has 0 saturated heterocycles. The van der Waals surface area contributed by atoms with Gasteiger partial charge in [-0.2, -0.15) is 0 Å². The van der Waals surface area contributed by atoms with Crippen LogP contribution in [0.15, 0.2) is 10.7 Å². The molecule has 4 heteroatoms. The zero-order chi connectivity index (χ0) is 11.4. The first kappa shape index (κ1) is 12.4. The maximum Gasteiger partial charge on any atom is 0.133 e. The lowest BCUT2D eigenvalue weighted by Crippen LogP contribution is -2.31. The quantitative estimate of drug-likeness (QED) is 0.788. The number of hydrogen-bond acceptors (Lipinski definition) is 3. The van der Waals surface area contributed by atoms with E-state index >= 15 is 0 Å². The van der Waals surface area contributed by atoms with Crippen LogP contribution in [0, 0.1) is 6.92 Å². The first-order chi connectivity index (χ1) is 7.08. The number of hydrogen-bond donors (Lipinski definition) is 0. The van der Waals surface area contributed by atoms with E-state index in [1.54, 1.807) is 0 Å². The van der Waals surface area contributed by atoms with Crippen LogP contribution < -0.4 is 4.90 Å². The molecular formula is C11H18BrN3. The molecule has 0 radical (unpaired) electrons. The summed E-state index contributed by atoms with van der Waals surface area (Å²) in [5, 5.41) is 0. The molecule has 1 rings (SSSR count). The second kappa shape index (κ2) is 5.45. The Balaban J connectivity index is 2.94. The van der Waals surface area contributed by atoms with E-state index in [1.165, 1.54) is 0 Å². The van der Waals surface area contributed by atoms with Gasteiger partial charge in [-0.05, 0) is 35.7 Å². The summed E-state index contributed by atoms with van der Waals surface area (Å²) in [6.45, 7) is 6.32. The van der Waals surface area contributed by atoms with E-state index in [0.717, 1.165) is 29.1 Å². The van der Waals surface area contributed by atoms with E-state index in [4.69, 9.17) is 0 Å². The minimum Gasteiger partial charge on any atom is -0.357 e. The summed E-state index contributed by atoms with van der Waals surface area (Å²) in [7, 11) is 2.09. The van der Waals surface area contributed by atoms with Gasteiger partial charge in [0.05, 0.1) is 0 Å². The lowest BCUT2D eigenvalue weighted by atomic mass is 10.1. The molecule has 0 N–H and O–H groups in total. The zero-order valence-electron chi connectivity index (χ0n) is 9.79. The Morgan fingerprint density at radius 3 is 2.40 bits per heavy atom. The molecule has 1 aromatic rings. The summed E-state index contributed by atoms with van der Waals surface area (Å²) < 4.78 is 0.850. The summed E-state index contributed by atoms with van der Waals surface area (Å²) in [6, 6.07) is 2.51. The van der Waals surface area contributed by atoms with Gasteiger partial charge in [0.1, 0.15) is 16.2 Å². The smallest absolute Gasteiger partial charge is 0.133 e. The molecule has 0 aromatic carbocycles. The van der Waals surface area contributed by atoms with Crippen LogP contribution in [-0.4, -0.2) is 23.1 Å². The standard InChI is InChI=1S/C11H18BrN3/c1-5-9(6-2)15(4)11-7-10(12)13-8(3)14-11/h7,9H,5-6H2,1-4H3. The van der Waals surface area contributed by atoms with Crippen molar-refractivity contribution in [2.75, 3.05) is 11.9 Å². The lowest BCUT2D eigenvalue weighted by Gasteiger charge is -2.27. The highest BCUT2D eigenvalue weighted by Crippen LogP contribution is 2.19. The van der Waals surface area contributed by atoms with Gasteiger partial charge in [0.15, 0.2) is 0 Å². The van der Waals surface area contributed by atoms with Gasteiger partial charge in [0, 0.05) is 19.2 Å². The van der Waals surface area contributed by atoms with Crippen molar-refractivity contribution >= 4 is 21.7 Å². The number of rotatable bonds is 4. The molecule has 0 aliphatic rings. The molecule has 0 spiro atoms. The Hall–Kier alpha value is -0.640. The van der Waals surface area contributed by atoms with Crippen LogP contribution in [0.5, 0.6) is 0 Å². The van der Waals surface area contributed by atoms with E-state index in [9.17, 15) is 0 Å². The van der Waals surface area contributed by atoms with Crippen LogP contribution in [0.1, 0.15) is 32.5 Å². The summed E-state index contributed by atoms with van der Waals surface area (Å²) in [4.78, 5) is 10.9. The molecule has 3 nitrogen and oxygen atoms in total. The Labute approximate surface area is 100 Å². The molecule has 0 amide bonds. The van der Waals surface area contributed by atoms with E-state index in [2.05, 4.69) is 51.7 Å². The van der Waals surface area contributed by atoms with Crippen molar-refractivity contribution in [2.24, 2.45) is 0 Å². The van der Waals surface area contributed by atoms with Gasteiger partial charge in [-0.15, -0.1) is 0 Å². The Morgan fingerprint density at radius 2 is 1.93 bits per heavy atom. The van der Waals surface area contributed by atoms with Crippen LogP contribution in [0.4, 0.5) is 5.82 Å². The second-order valence-corrected chi connectivity index (χ2v) is 4.49. The summed E-state index contributed by atoms with van der Waals surface area (Å²) >= 11 is 3.40. The van der Waals surface area contributed by atoms with Gasteiger partial charge >= 0.3 is 0 Å². The number of halogens is 1. The minimum absolute atomic E-state index is 0.547. The van der Waals surface area contributed by atoms with Crippen molar-refractivity contribution in [1.29, 1.82) is 0 Å². The molecule has 0 aliphatic heterocycles. The van der Waals surface area contributed by atoms with Crippen LogP contribution in [0.25, 0.3) is 0 Å². The molecule has 0 unspecified atom stereocenters. The first-order valence-electron chi connectivity index (χ1n) is 5.32. The second-order valence-electron chi connectivity index (χ2n) is 3.68. The van der Waals surface area contributed by atoms with Gasteiger partial charge in [-0.1, -0.05) is 13.8 Å². The zero-order valence-corrected chi connectivity index (χ0v) is 11.4. The molecule has 0 bridgehead atoms. The third-order valence-corrected chi connectivity index (χ3v) is 3.05. The van der Waals surface area contributed by atoms with Crippen molar-refractivity contribution in [2.45, 2.75) is 39.7 Å². The number of nitrogens with zero attached hydrogens (tertiary/aromatic N) is 3. The predicted octanol–water partition coefficient (Wildman–Crippen LogP) is 3.17. The van der Waals surface area contributed by atoms with Crippen molar-refractivity contribution < 1.29 is 0 Å². The molecular weight excluding hydrogens is 254 g/mol. The van der Waals surface area contributed by atoms with Crippen molar-refractivity contribution in [3.63, 3.8) is 0 Å². The third-order valence-electron chi connectivity index (χ3n) is 2.64. The van der Waals surface area contributed by atoms with Gasteiger partial charge in [-0.25, -0.2) is 9.97 Å². The Bertz CT molecular complexity index is 303. The van der Waals surface area contributed by atoms with Crippen molar-refractivity contribution in [3.8, 4) is 0 Å². The molecule has 1 heterocycles. The number of aromatic nitrogens is 2. The first-order valence-corrected chi connectivity index (χ1v) is 6.11. The summed E-state index contributed by atoms with van der Waals surface area (Å²) in [5.41, 5.74) is 0. The Kier molecular flexibility index (Phi) is 4.51. The topological polar surface area (TPSA) is 29.0 Å². The average Bonchev–Trinajstić information content (AvgIpc) is 2.18. The number of anilines is 1. The maximum atomic E-state index is 4.44. The molecule has 15 heavy (non-hydrogen) atoms. The van der Waals surface area contributed by atoms with Gasteiger partial charge in [-0.3, -0.25) is 0 Å². The van der Waals surface area contributed by atoms with E-state index in [1.807, 2.05) is 13.0 Å². The SMILES string of the molecule is CCC(CC)N(C)c1cc(Br)nc(C)n1. The highest BCUT2D eigenvalue weighted by atomic mass is 79.9. The van der Waals surface area contributed by atoms with Gasteiger partial charge in [0.25, 0.3) is 0 Å². The minimum atomic E-state index is 0.547. The third kappa shape index (κ3) is 3.16. The normalized spacial score (nSPS) is 10.8. The van der Waals surface area contributed by atoms with Crippen LogP contribution in [-0.2, 0) is 0 Å². The average molecular weight is 272 g/mol. The van der Waals surface area contributed by atoms with Crippen LogP contribution >= 0.6 is 15.9 Å². The van der Waals surface area contributed by atoms with Crippen LogP contribution in [0.2, 0.25) is 0 Å². The van der Waals surface area contributed by atoms with Gasteiger partial charge < -0.3 is 4.90 Å². The maximum absolute atomic E-state index is 4.44. The lowest BCUT2D eigenvalue weighted by molar-refractivity contribution is 0.585. The largest absolute Gasteiger partial charge is 0.357 e. The predicted molar refractivity (Wildman–Crippen MR) is 67.2 cm³/mol. The molecule has 1 aromatic heterocycles. The van der Waals surface area contributed by atoms with Gasteiger partial charge in [0.2, 0.25) is 0 Å². The molecule has 0 fully saturated rings. The van der Waals surface area contributed by atoms with E-state index in [-0.39, 0.29) is 0 Å². The molecule has 0 aliphatic carbocycles. The Morgan fingerprint density at radius 1 is 1.33 bits per heavy atom. The molecule has 0 saturated carbocycles. The molecule has 0 atom stereocenters. The highest BCUT2D eigenvalue weighted by molar-refractivity contribution is 9.10. The highest BCUT2D eigenvalue weighted by Gasteiger charge is 2.13. The fourth-order valence-corrected chi connectivity index (χ4v) is 2.18. The molecule has 84 valence electrons. The number of aryl methyl sites for hydroxylation is 1.